The number of hydrogen-bond acceptors (Lipinski definition) is 0. The molecule has 2 aromatic heterocycles. The largest absolute Gasteiger partial charge is 0.333 e. The molecule has 0 aliphatic heterocycles. The Bertz CT molecular complexity index is 2380. The second-order valence-electron chi connectivity index (χ2n) is 12.1. The van der Waals surface area contributed by atoms with E-state index in [1.807, 2.05) is 0 Å². The summed E-state index contributed by atoms with van der Waals surface area (Å²) in [5.41, 5.74) is 8.96. The van der Waals surface area contributed by atoms with Gasteiger partial charge in [0.2, 0.25) is 0 Å². The monoisotopic (exact) mass is 564 g/mol. The van der Waals surface area contributed by atoms with Crippen molar-refractivity contribution in [1.82, 2.24) is 9.13 Å². The predicted molar refractivity (Wildman–Crippen MR) is 186 cm³/mol. The summed E-state index contributed by atoms with van der Waals surface area (Å²) in [5.74, 6) is 0.307. The lowest BCUT2D eigenvalue weighted by Crippen LogP contribution is -2.31. The highest BCUT2D eigenvalue weighted by atomic mass is 15.0. The van der Waals surface area contributed by atoms with E-state index in [9.17, 15) is 0 Å². The highest BCUT2D eigenvalue weighted by Gasteiger charge is 2.21. The van der Waals surface area contributed by atoms with E-state index >= 15 is 0 Å². The van der Waals surface area contributed by atoms with Gasteiger partial charge in [-0.15, -0.1) is 0 Å². The molecule has 2 heteroatoms. The molecule has 5 aromatic carbocycles. The second kappa shape index (κ2) is 10.1. The third-order valence-electron chi connectivity index (χ3n) is 9.55. The minimum absolute atomic E-state index is 0.307. The molecular weight excluding hydrogens is 532 g/mol. The van der Waals surface area contributed by atoms with Crippen molar-refractivity contribution in [2.75, 3.05) is 0 Å². The minimum Gasteiger partial charge on any atom is -0.333 e. The summed E-state index contributed by atoms with van der Waals surface area (Å²) in [4.78, 5) is 0. The number of hydrogen-bond donors (Lipinski definition) is 0. The number of fused-ring (bicyclic) bond motifs is 6. The SMILES string of the molecule is C1=CCC(n2c3ccccc3c3cc(C4C=c5c(n(-c6ccccc6)c6ccc(-c7ccccc7)cc56)=CC4)ccc32)C=C1. The summed E-state index contributed by atoms with van der Waals surface area (Å²) in [6.07, 6.45) is 15.9. The Hall–Kier alpha value is -5.34. The summed E-state index contributed by atoms with van der Waals surface area (Å²) in [6.45, 7) is 0. The van der Waals surface area contributed by atoms with Gasteiger partial charge in [-0.3, -0.25) is 0 Å². The highest BCUT2D eigenvalue weighted by Crippen LogP contribution is 2.37. The molecule has 0 radical (unpaired) electrons. The lowest BCUT2D eigenvalue weighted by atomic mass is 9.90. The fraction of sp³-hybridized carbons (Fsp3) is 0.0952. The molecule has 44 heavy (non-hydrogen) atoms. The van der Waals surface area contributed by atoms with E-state index < -0.39 is 0 Å². The van der Waals surface area contributed by atoms with Crippen LogP contribution in [0.4, 0.5) is 0 Å². The smallest absolute Gasteiger partial charge is 0.0560 e. The highest BCUT2D eigenvalue weighted by molar-refractivity contribution is 6.08. The van der Waals surface area contributed by atoms with Gasteiger partial charge in [-0.05, 0) is 72.0 Å². The molecule has 210 valence electrons. The zero-order valence-corrected chi connectivity index (χ0v) is 24.5. The molecule has 0 N–H and O–H groups in total. The first-order valence-electron chi connectivity index (χ1n) is 15.7. The maximum absolute atomic E-state index is 2.53. The van der Waals surface area contributed by atoms with E-state index in [-0.39, 0.29) is 0 Å². The quantitative estimate of drug-likeness (QED) is 0.202. The van der Waals surface area contributed by atoms with Crippen molar-refractivity contribution in [2.24, 2.45) is 0 Å². The van der Waals surface area contributed by atoms with Crippen LogP contribution >= 0.6 is 0 Å². The van der Waals surface area contributed by atoms with Gasteiger partial charge in [0.1, 0.15) is 0 Å². The molecule has 0 bridgehead atoms. The molecule has 2 aliphatic carbocycles. The van der Waals surface area contributed by atoms with Gasteiger partial charge in [0.15, 0.2) is 0 Å². The second-order valence-corrected chi connectivity index (χ2v) is 12.1. The normalized spacial score (nSPS) is 17.5. The summed E-state index contributed by atoms with van der Waals surface area (Å²) in [6, 6.07) is 44.9. The Kier molecular flexibility index (Phi) is 5.80. The Balaban J connectivity index is 1.24. The molecule has 0 saturated heterocycles. The Morgan fingerprint density at radius 2 is 1.34 bits per heavy atom. The van der Waals surface area contributed by atoms with Gasteiger partial charge in [-0.1, -0.05) is 115 Å². The molecule has 2 atom stereocenters. The zero-order valence-electron chi connectivity index (χ0n) is 24.5. The average molecular weight is 565 g/mol. The van der Waals surface area contributed by atoms with Gasteiger partial charge in [0.05, 0.1) is 11.6 Å². The molecule has 7 aromatic rings. The van der Waals surface area contributed by atoms with Crippen LogP contribution in [0.2, 0.25) is 0 Å². The first-order chi connectivity index (χ1) is 21.8. The van der Waals surface area contributed by atoms with Crippen LogP contribution in [-0.4, -0.2) is 9.13 Å². The van der Waals surface area contributed by atoms with Gasteiger partial charge < -0.3 is 9.13 Å². The zero-order chi connectivity index (χ0) is 29.0. The fourth-order valence-electron chi connectivity index (χ4n) is 7.48. The predicted octanol–water partition coefficient (Wildman–Crippen LogP) is 9.21. The lowest BCUT2D eigenvalue weighted by molar-refractivity contribution is 0.648. The van der Waals surface area contributed by atoms with Gasteiger partial charge in [-0.25, -0.2) is 0 Å². The molecule has 0 saturated carbocycles. The fourth-order valence-corrected chi connectivity index (χ4v) is 7.48. The molecule has 2 nitrogen and oxygen atoms in total. The summed E-state index contributed by atoms with van der Waals surface area (Å²) < 4.78 is 4.97. The molecule has 0 spiro atoms. The van der Waals surface area contributed by atoms with Gasteiger partial charge >= 0.3 is 0 Å². The van der Waals surface area contributed by atoms with Crippen LogP contribution in [0.5, 0.6) is 0 Å². The van der Waals surface area contributed by atoms with E-state index in [0.29, 0.717) is 12.0 Å². The Labute approximate surface area is 256 Å². The molecule has 0 fully saturated rings. The summed E-state index contributed by atoms with van der Waals surface area (Å²) in [7, 11) is 0. The molecule has 9 rings (SSSR count). The van der Waals surface area contributed by atoms with Gasteiger partial charge in [0.25, 0.3) is 0 Å². The van der Waals surface area contributed by atoms with Crippen molar-refractivity contribution >= 4 is 44.9 Å². The summed E-state index contributed by atoms with van der Waals surface area (Å²) >= 11 is 0. The first kappa shape index (κ1) is 25.2. The molecule has 0 amide bonds. The van der Waals surface area contributed by atoms with Crippen LogP contribution in [0.3, 0.4) is 0 Å². The number of para-hydroxylation sites is 2. The van der Waals surface area contributed by atoms with E-state index in [0.717, 1.165) is 12.8 Å². The van der Waals surface area contributed by atoms with E-state index in [1.165, 1.54) is 65.7 Å². The number of benzene rings is 5. The van der Waals surface area contributed by atoms with Crippen LogP contribution in [0.1, 0.15) is 30.4 Å². The van der Waals surface area contributed by atoms with Crippen molar-refractivity contribution in [3.05, 3.63) is 162 Å². The molecule has 2 aliphatic rings. The standard InChI is InChI=1S/C42H32N2/c1-4-12-29(13-5-1)30-20-23-41-37(26-30)38-28-32(22-25-42(38)44(41)34-16-8-3-9-17-34)31-21-24-40-36(27-31)35-18-10-11-19-39(35)43(40)33-14-6-2-7-15-33/h1-14,16-21,23-28,32-33H,15,22H2. The Morgan fingerprint density at radius 1 is 0.568 bits per heavy atom. The van der Waals surface area contributed by atoms with Gasteiger partial charge in [-0.2, -0.15) is 0 Å². The summed E-state index contributed by atoms with van der Waals surface area (Å²) in [5, 5.41) is 6.61. The number of nitrogens with zero attached hydrogens (tertiary/aromatic N) is 2. The minimum atomic E-state index is 0.307. The van der Waals surface area contributed by atoms with E-state index in [1.54, 1.807) is 0 Å². The van der Waals surface area contributed by atoms with Crippen molar-refractivity contribution < 1.29 is 0 Å². The molecule has 2 unspecified atom stereocenters. The number of aromatic nitrogens is 2. The number of allylic oxidation sites excluding steroid dienone is 4. The molecule has 2 heterocycles. The Morgan fingerprint density at radius 3 is 2.18 bits per heavy atom. The first-order valence-corrected chi connectivity index (χ1v) is 15.7. The van der Waals surface area contributed by atoms with Crippen LogP contribution in [0.15, 0.2) is 146 Å². The third-order valence-corrected chi connectivity index (χ3v) is 9.55. The van der Waals surface area contributed by atoms with E-state index in [4.69, 9.17) is 0 Å². The van der Waals surface area contributed by atoms with Crippen LogP contribution in [0.25, 0.3) is 61.7 Å². The number of rotatable bonds is 4. The van der Waals surface area contributed by atoms with Crippen LogP contribution in [0, 0.1) is 0 Å². The van der Waals surface area contributed by atoms with Crippen LogP contribution < -0.4 is 10.6 Å². The molecular formula is C42H32N2. The maximum atomic E-state index is 2.53. The maximum Gasteiger partial charge on any atom is 0.0560 e. The third kappa shape index (κ3) is 3.95. The van der Waals surface area contributed by atoms with E-state index in [2.05, 4.69) is 167 Å². The van der Waals surface area contributed by atoms with Gasteiger partial charge in [0, 0.05) is 49.4 Å². The van der Waals surface area contributed by atoms with Crippen molar-refractivity contribution in [3.8, 4) is 16.8 Å². The van der Waals surface area contributed by atoms with Crippen molar-refractivity contribution in [2.45, 2.75) is 24.8 Å². The average Bonchev–Trinajstić information content (AvgIpc) is 3.61. The van der Waals surface area contributed by atoms with Crippen LogP contribution in [-0.2, 0) is 0 Å². The van der Waals surface area contributed by atoms with Crippen molar-refractivity contribution in [3.63, 3.8) is 0 Å². The lowest BCUT2D eigenvalue weighted by Gasteiger charge is -2.19. The van der Waals surface area contributed by atoms with Crippen molar-refractivity contribution in [1.29, 1.82) is 0 Å². The topological polar surface area (TPSA) is 9.86 Å².